The van der Waals surface area contributed by atoms with Crippen molar-refractivity contribution in [2.45, 2.75) is 24.7 Å². The predicted molar refractivity (Wildman–Crippen MR) is 80.1 cm³/mol. The van der Waals surface area contributed by atoms with Crippen LogP contribution in [0.25, 0.3) is 0 Å². The summed E-state index contributed by atoms with van der Waals surface area (Å²) in [5, 5.41) is 9.92. The molecule has 1 N–H and O–H groups in total. The second kappa shape index (κ2) is 6.24. The Morgan fingerprint density at radius 1 is 1.25 bits per heavy atom. The molecule has 1 aliphatic heterocycles. The average Bonchev–Trinajstić information content (AvgIpc) is 2.96. The van der Waals surface area contributed by atoms with Crippen LogP contribution in [0, 0.1) is 0 Å². The van der Waals surface area contributed by atoms with Gasteiger partial charge in [-0.05, 0) is 36.2 Å². The molecule has 2 heterocycles. The SMILES string of the molecule is O=C(c1cccnc1)N1C[C@H](O)C[C@@H]1c1cccc(C(F)(F)F)c1. The lowest BCUT2D eigenvalue weighted by Crippen LogP contribution is -2.32. The Morgan fingerprint density at radius 2 is 2.04 bits per heavy atom. The average molecular weight is 336 g/mol. The van der Waals surface area contributed by atoms with E-state index in [9.17, 15) is 23.1 Å². The third kappa shape index (κ3) is 3.26. The molecular formula is C17H15F3N2O2. The quantitative estimate of drug-likeness (QED) is 0.917. The van der Waals surface area contributed by atoms with Gasteiger partial charge in [-0.15, -0.1) is 0 Å². The number of hydrogen-bond acceptors (Lipinski definition) is 3. The number of rotatable bonds is 2. The predicted octanol–water partition coefficient (Wildman–Crippen LogP) is 3.05. The summed E-state index contributed by atoms with van der Waals surface area (Å²) in [5.41, 5.74) is -0.0719. The van der Waals surface area contributed by atoms with E-state index in [1.54, 1.807) is 18.2 Å². The highest BCUT2D eigenvalue weighted by molar-refractivity contribution is 5.94. The summed E-state index contributed by atoms with van der Waals surface area (Å²) in [6.07, 6.45) is -2.10. The van der Waals surface area contributed by atoms with Gasteiger partial charge in [-0.1, -0.05) is 12.1 Å². The Morgan fingerprint density at radius 3 is 2.71 bits per heavy atom. The second-order valence-electron chi connectivity index (χ2n) is 5.73. The summed E-state index contributed by atoms with van der Waals surface area (Å²) < 4.78 is 38.7. The molecule has 0 spiro atoms. The number of pyridine rings is 1. The number of aliphatic hydroxyl groups is 1. The standard InChI is InChI=1S/C17H15F3N2O2/c18-17(19,20)13-5-1-3-11(7-13)15-8-14(23)10-22(15)16(24)12-4-2-6-21-9-12/h1-7,9,14-15,23H,8,10H2/t14-,15-/m1/s1. The molecule has 7 heteroatoms. The Balaban J connectivity index is 1.93. The molecule has 0 unspecified atom stereocenters. The van der Waals surface area contributed by atoms with Crippen molar-refractivity contribution in [3.8, 4) is 0 Å². The first-order chi connectivity index (χ1) is 11.4. The lowest BCUT2D eigenvalue weighted by Gasteiger charge is -2.25. The summed E-state index contributed by atoms with van der Waals surface area (Å²) >= 11 is 0. The van der Waals surface area contributed by atoms with Gasteiger partial charge in [0.2, 0.25) is 0 Å². The van der Waals surface area contributed by atoms with Crippen LogP contribution in [0.15, 0.2) is 48.8 Å². The fraction of sp³-hybridized carbons (Fsp3) is 0.294. The highest BCUT2D eigenvalue weighted by Crippen LogP contribution is 2.36. The number of aliphatic hydroxyl groups excluding tert-OH is 1. The van der Waals surface area contributed by atoms with Crippen LogP contribution >= 0.6 is 0 Å². The van der Waals surface area contributed by atoms with E-state index in [0.29, 0.717) is 11.1 Å². The number of β-amino-alcohol motifs (C(OH)–C–C–N with tert-alkyl or cyclic N) is 1. The van der Waals surface area contributed by atoms with Gasteiger partial charge in [0.05, 0.1) is 23.3 Å². The largest absolute Gasteiger partial charge is 0.416 e. The minimum absolute atomic E-state index is 0.0780. The van der Waals surface area contributed by atoms with Crippen molar-refractivity contribution in [1.82, 2.24) is 9.88 Å². The number of aromatic nitrogens is 1. The van der Waals surface area contributed by atoms with Gasteiger partial charge < -0.3 is 10.0 Å². The van der Waals surface area contributed by atoms with Gasteiger partial charge in [-0.2, -0.15) is 13.2 Å². The van der Waals surface area contributed by atoms with E-state index in [4.69, 9.17) is 0 Å². The van der Waals surface area contributed by atoms with Crippen molar-refractivity contribution < 1.29 is 23.1 Å². The van der Waals surface area contributed by atoms with Crippen LogP contribution in [0.2, 0.25) is 0 Å². The van der Waals surface area contributed by atoms with Crippen LogP contribution in [-0.2, 0) is 6.18 Å². The number of alkyl halides is 3. The summed E-state index contributed by atoms with van der Waals surface area (Å²) in [7, 11) is 0. The minimum atomic E-state index is -4.45. The summed E-state index contributed by atoms with van der Waals surface area (Å²) in [6, 6.07) is 7.48. The van der Waals surface area contributed by atoms with Crippen LogP contribution in [-0.4, -0.2) is 33.5 Å². The molecule has 0 aliphatic carbocycles. The van der Waals surface area contributed by atoms with Gasteiger partial charge in [-0.3, -0.25) is 9.78 Å². The molecule has 0 radical (unpaired) electrons. The number of carbonyl (C=O) groups is 1. The molecule has 1 aromatic carbocycles. The van der Waals surface area contributed by atoms with Crippen LogP contribution in [0.3, 0.4) is 0 Å². The van der Waals surface area contributed by atoms with Crippen molar-refractivity contribution in [3.63, 3.8) is 0 Å². The molecular weight excluding hydrogens is 321 g/mol. The van der Waals surface area contributed by atoms with Crippen molar-refractivity contribution in [1.29, 1.82) is 0 Å². The van der Waals surface area contributed by atoms with Crippen molar-refractivity contribution >= 4 is 5.91 Å². The fourth-order valence-electron chi connectivity index (χ4n) is 2.93. The highest BCUT2D eigenvalue weighted by atomic mass is 19.4. The number of benzene rings is 1. The van der Waals surface area contributed by atoms with E-state index in [2.05, 4.69) is 4.98 Å². The zero-order valence-electron chi connectivity index (χ0n) is 12.6. The third-order valence-corrected chi connectivity index (χ3v) is 4.05. The summed E-state index contributed by atoms with van der Waals surface area (Å²) in [6.45, 7) is 0.0780. The van der Waals surface area contributed by atoms with E-state index in [1.165, 1.54) is 23.4 Å². The molecule has 0 saturated carbocycles. The lowest BCUT2D eigenvalue weighted by atomic mass is 10.0. The normalized spacial score (nSPS) is 21.1. The molecule has 3 rings (SSSR count). The zero-order chi connectivity index (χ0) is 17.3. The van der Waals surface area contributed by atoms with E-state index < -0.39 is 23.9 Å². The van der Waals surface area contributed by atoms with Gasteiger partial charge in [0, 0.05) is 18.9 Å². The highest BCUT2D eigenvalue weighted by Gasteiger charge is 2.37. The number of nitrogens with zero attached hydrogens (tertiary/aromatic N) is 2. The van der Waals surface area contributed by atoms with E-state index in [-0.39, 0.29) is 18.9 Å². The number of likely N-dealkylation sites (tertiary alicyclic amines) is 1. The van der Waals surface area contributed by atoms with E-state index in [0.717, 1.165) is 12.1 Å². The molecule has 1 aromatic heterocycles. The van der Waals surface area contributed by atoms with Crippen LogP contribution in [0.4, 0.5) is 13.2 Å². The molecule has 126 valence electrons. The van der Waals surface area contributed by atoms with Gasteiger partial charge in [-0.25, -0.2) is 0 Å². The molecule has 1 aliphatic rings. The maximum atomic E-state index is 12.9. The Hall–Kier alpha value is -2.41. The fourth-order valence-corrected chi connectivity index (χ4v) is 2.93. The maximum Gasteiger partial charge on any atom is 0.416 e. The van der Waals surface area contributed by atoms with Crippen molar-refractivity contribution in [2.24, 2.45) is 0 Å². The Bertz CT molecular complexity index is 734. The molecule has 2 atom stereocenters. The number of hydrogen-bond donors (Lipinski definition) is 1. The van der Waals surface area contributed by atoms with Gasteiger partial charge in [0.15, 0.2) is 0 Å². The Kier molecular flexibility index (Phi) is 4.28. The Labute approximate surface area is 136 Å². The first-order valence-corrected chi connectivity index (χ1v) is 7.42. The third-order valence-electron chi connectivity index (χ3n) is 4.05. The van der Waals surface area contributed by atoms with Crippen LogP contribution in [0.1, 0.15) is 33.9 Å². The molecule has 2 aromatic rings. The number of carbonyl (C=O) groups excluding carboxylic acids is 1. The minimum Gasteiger partial charge on any atom is -0.391 e. The summed E-state index contributed by atoms with van der Waals surface area (Å²) in [5.74, 6) is -0.359. The van der Waals surface area contributed by atoms with Crippen molar-refractivity contribution in [3.05, 3.63) is 65.5 Å². The summed E-state index contributed by atoms with van der Waals surface area (Å²) in [4.78, 5) is 17.9. The topological polar surface area (TPSA) is 53.4 Å². The number of halogens is 3. The zero-order valence-corrected chi connectivity index (χ0v) is 12.6. The maximum absolute atomic E-state index is 12.9. The second-order valence-corrected chi connectivity index (χ2v) is 5.73. The monoisotopic (exact) mass is 336 g/mol. The first-order valence-electron chi connectivity index (χ1n) is 7.42. The van der Waals surface area contributed by atoms with E-state index >= 15 is 0 Å². The van der Waals surface area contributed by atoms with Crippen molar-refractivity contribution in [2.75, 3.05) is 6.54 Å². The van der Waals surface area contributed by atoms with Crippen LogP contribution < -0.4 is 0 Å². The molecule has 24 heavy (non-hydrogen) atoms. The molecule has 1 amide bonds. The van der Waals surface area contributed by atoms with Gasteiger partial charge in [0.25, 0.3) is 5.91 Å². The van der Waals surface area contributed by atoms with Crippen LogP contribution in [0.5, 0.6) is 0 Å². The van der Waals surface area contributed by atoms with Gasteiger partial charge in [0.1, 0.15) is 0 Å². The van der Waals surface area contributed by atoms with Gasteiger partial charge >= 0.3 is 6.18 Å². The molecule has 1 fully saturated rings. The smallest absolute Gasteiger partial charge is 0.391 e. The van der Waals surface area contributed by atoms with E-state index in [1.807, 2.05) is 0 Å². The first kappa shape index (κ1) is 16.4. The number of amides is 1. The molecule has 0 bridgehead atoms. The molecule has 1 saturated heterocycles. The molecule has 4 nitrogen and oxygen atoms in total. The lowest BCUT2D eigenvalue weighted by molar-refractivity contribution is -0.137.